The van der Waals surface area contributed by atoms with Gasteiger partial charge in [-0.1, -0.05) is 35.9 Å². The minimum absolute atomic E-state index is 0.0686. The van der Waals surface area contributed by atoms with Crippen molar-refractivity contribution in [2.75, 3.05) is 5.32 Å². The molecular weight excluding hydrogens is 378 g/mol. The van der Waals surface area contributed by atoms with Crippen molar-refractivity contribution < 1.29 is 14.7 Å². The van der Waals surface area contributed by atoms with E-state index in [1.165, 1.54) is 12.3 Å². The smallest absolute Gasteiger partial charge is 0.271 e. The molecule has 0 aliphatic heterocycles. The van der Waals surface area contributed by atoms with Crippen LogP contribution in [0.4, 0.5) is 5.69 Å². The zero-order valence-electron chi connectivity index (χ0n) is 14.6. The Balaban J connectivity index is 1.61. The van der Waals surface area contributed by atoms with E-state index < -0.39 is 5.91 Å². The Labute approximate surface area is 166 Å². The summed E-state index contributed by atoms with van der Waals surface area (Å²) in [5.74, 6) is -0.690. The lowest BCUT2D eigenvalue weighted by Gasteiger charge is -2.07. The van der Waals surface area contributed by atoms with Gasteiger partial charge in [0, 0.05) is 16.8 Å². The average molecular weight is 394 g/mol. The van der Waals surface area contributed by atoms with E-state index in [1.807, 2.05) is 0 Å². The highest BCUT2D eigenvalue weighted by molar-refractivity contribution is 6.34. The van der Waals surface area contributed by atoms with Crippen LogP contribution in [-0.4, -0.2) is 23.1 Å². The Hall–Kier alpha value is -3.64. The average Bonchev–Trinajstić information content (AvgIpc) is 2.70. The van der Waals surface area contributed by atoms with Gasteiger partial charge in [-0.25, -0.2) is 5.43 Å². The summed E-state index contributed by atoms with van der Waals surface area (Å²) >= 11 is 6.01. The second-order valence-electron chi connectivity index (χ2n) is 5.77. The summed E-state index contributed by atoms with van der Waals surface area (Å²) in [4.78, 5) is 24.4. The predicted octanol–water partition coefficient (Wildman–Crippen LogP) is 4.06. The van der Waals surface area contributed by atoms with Gasteiger partial charge in [0.2, 0.25) is 0 Å². The second-order valence-corrected chi connectivity index (χ2v) is 6.18. The highest BCUT2D eigenvalue weighted by Gasteiger charge is 2.10. The topological polar surface area (TPSA) is 90.8 Å². The molecule has 0 aliphatic rings. The van der Waals surface area contributed by atoms with Crippen LogP contribution in [0.2, 0.25) is 5.02 Å². The zero-order chi connectivity index (χ0) is 19.9. The molecule has 0 bridgehead atoms. The lowest BCUT2D eigenvalue weighted by Crippen LogP contribution is -2.18. The Kier molecular flexibility index (Phi) is 6.04. The van der Waals surface area contributed by atoms with Gasteiger partial charge in [0.25, 0.3) is 11.8 Å². The van der Waals surface area contributed by atoms with E-state index >= 15 is 0 Å². The Bertz CT molecular complexity index is 1030. The van der Waals surface area contributed by atoms with Gasteiger partial charge < -0.3 is 10.4 Å². The number of hydrazone groups is 1. The van der Waals surface area contributed by atoms with Crippen LogP contribution in [0.5, 0.6) is 5.75 Å². The maximum Gasteiger partial charge on any atom is 0.271 e. The molecule has 0 unspecified atom stereocenters. The third-order valence-corrected chi connectivity index (χ3v) is 4.16. The molecule has 0 fully saturated rings. The molecule has 140 valence electrons. The minimum Gasteiger partial charge on any atom is -0.507 e. The number of hydrogen-bond acceptors (Lipinski definition) is 4. The summed E-state index contributed by atoms with van der Waals surface area (Å²) in [6, 6.07) is 19.7. The number of carbonyl (C=O) groups excluding carboxylic acids is 2. The maximum absolute atomic E-state index is 12.2. The molecule has 0 spiro atoms. The minimum atomic E-state index is -0.421. The van der Waals surface area contributed by atoms with Crippen LogP contribution in [0.15, 0.2) is 77.9 Å². The first-order valence-electron chi connectivity index (χ1n) is 8.32. The van der Waals surface area contributed by atoms with Crippen LogP contribution in [-0.2, 0) is 0 Å². The van der Waals surface area contributed by atoms with Crippen molar-refractivity contribution in [3.8, 4) is 5.75 Å². The van der Waals surface area contributed by atoms with Crippen molar-refractivity contribution in [3.63, 3.8) is 0 Å². The van der Waals surface area contributed by atoms with Crippen molar-refractivity contribution in [2.24, 2.45) is 5.10 Å². The van der Waals surface area contributed by atoms with Crippen molar-refractivity contribution in [1.29, 1.82) is 0 Å². The summed E-state index contributed by atoms with van der Waals surface area (Å²) < 4.78 is 0. The van der Waals surface area contributed by atoms with Crippen molar-refractivity contribution in [1.82, 2.24) is 5.43 Å². The van der Waals surface area contributed by atoms with Gasteiger partial charge in [-0.05, 0) is 48.5 Å². The van der Waals surface area contributed by atoms with E-state index in [9.17, 15) is 14.7 Å². The number of phenols is 1. The molecule has 0 saturated heterocycles. The lowest BCUT2D eigenvalue weighted by atomic mass is 10.1. The van der Waals surface area contributed by atoms with Crippen molar-refractivity contribution in [2.45, 2.75) is 0 Å². The first-order chi connectivity index (χ1) is 13.5. The third kappa shape index (κ3) is 4.75. The first kappa shape index (κ1) is 19.1. The van der Waals surface area contributed by atoms with Crippen LogP contribution >= 0.6 is 11.6 Å². The van der Waals surface area contributed by atoms with Gasteiger partial charge in [-0.3, -0.25) is 9.59 Å². The highest BCUT2D eigenvalue weighted by Crippen LogP contribution is 2.17. The fourth-order valence-electron chi connectivity index (χ4n) is 2.37. The quantitative estimate of drug-likeness (QED) is 0.451. The summed E-state index contributed by atoms with van der Waals surface area (Å²) in [6.07, 6.45) is 1.35. The number of halogens is 1. The van der Waals surface area contributed by atoms with Crippen LogP contribution in [0.25, 0.3) is 0 Å². The highest BCUT2D eigenvalue weighted by atomic mass is 35.5. The van der Waals surface area contributed by atoms with Crippen LogP contribution in [0.1, 0.15) is 26.3 Å². The molecule has 2 amide bonds. The monoisotopic (exact) mass is 393 g/mol. The number of phenolic OH excluding ortho intramolecular Hbond substituents is 1. The number of nitrogens with one attached hydrogen (secondary N) is 2. The summed E-state index contributed by atoms with van der Waals surface area (Å²) in [6.45, 7) is 0. The van der Waals surface area contributed by atoms with E-state index in [0.717, 1.165) is 0 Å². The second kappa shape index (κ2) is 8.83. The SMILES string of the molecule is O=C(N/N=C\c1ccccc1O)c1ccc(NC(=O)c2ccccc2Cl)cc1. The van der Waals surface area contributed by atoms with Crippen molar-refractivity contribution in [3.05, 3.63) is 94.5 Å². The van der Waals surface area contributed by atoms with Gasteiger partial charge in [0.05, 0.1) is 16.8 Å². The molecular formula is C21H16ClN3O3. The Morgan fingerprint density at radius 2 is 1.57 bits per heavy atom. The molecule has 0 radical (unpaired) electrons. The third-order valence-electron chi connectivity index (χ3n) is 3.83. The van der Waals surface area contributed by atoms with Crippen LogP contribution in [0.3, 0.4) is 0 Å². The molecule has 7 heteroatoms. The van der Waals surface area contributed by atoms with E-state index in [0.29, 0.717) is 27.4 Å². The summed E-state index contributed by atoms with van der Waals surface area (Å²) in [7, 11) is 0. The predicted molar refractivity (Wildman–Crippen MR) is 109 cm³/mol. The van der Waals surface area contributed by atoms with Crippen molar-refractivity contribution >= 4 is 35.3 Å². The number of aromatic hydroxyl groups is 1. The number of para-hydroxylation sites is 1. The number of nitrogens with zero attached hydrogens (tertiary/aromatic N) is 1. The number of amides is 2. The molecule has 0 aromatic heterocycles. The summed E-state index contributed by atoms with van der Waals surface area (Å²) in [5, 5.41) is 16.6. The number of anilines is 1. The largest absolute Gasteiger partial charge is 0.507 e. The van der Waals surface area contributed by atoms with Gasteiger partial charge in [0.15, 0.2) is 0 Å². The molecule has 6 nitrogen and oxygen atoms in total. The Morgan fingerprint density at radius 3 is 2.29 bits per heavy atom. The van der Waals surface area contributed by atoms with E-state index in [4.69, 9.17) is 11.6 Å². The van der Waals surface area contributed by atoms with Crippen LogP contribution in [0, 0.1) is 0 Å². The molecule has 3 N–H and O–H groups in total. The lowest BCUT2D eigenvalue weighted by molar-refractivity contribution is 0.0954. The fourth-order valence-corrected chi connectivity index (χ4v) is 2.59. The van der Waals surface area contributed by atoms with Gasteiger partial charge in [-0.2, -0.15) is 5.10 Å². The normalized spacial score (nSPS) is 10.6. The first-order valence-corrected chi connectivity index (χ1v) is 8.70. The van der Waals surface area contributed by atoms with Crippen LogP contribution < -0.4 is 10.7 Å². The maximum atomic E-state index is 12.2. The molecule has 0 saturated carbocycles. The zero-order valence-corrected chi connectivity index (χ0v) is 15.4. The molecule has 3 aromatic carbocycles. The van der Waals surface area contributed by atoms with Gasteiger partial charge in [0.1, 0.15) is 5.75 Å². The summed E-state index contributed by atoms with van der Waals surface area (Å²) in [5.41, 5.74) is 4.13. The number of rotatable bonds is 5. The molecule has 28 heavy (non-hydrogen) atoms. The van der Waals surface area contributed by atoms with E-state index in [1.54, 1.807) is 66.7 Å². The fraction of sp³-hybridized carbons (Fsp3) is 0. The van der Waals surface area contributed by atoms with Gasteiger partial charge >= 0.3 is 0 Å². The Morgan fingerprint density at radius 1 is 0.893 bits per heavy atom. The number of carbonyl (C=O) groups is 2. The molecule has 3 aromatic rings. The van der Waals surface area contributed by atoms with E-state index in [-0.39, 0.29) is 11.7 Å². The number of benzene rings is 3. The standard InChI is InChI=1S/C21H16ClN3O3/c22-18-7-3-2-6-17(18)21(28)24-16-11-9-14(10-12-16)20(27)25-23-13-15-5-1-4-8-19(15)26/h1-13,26H,(H,24,28)(H,25,27)/b23-13-. The number of hydrogen-bond donors (Lipinski definition) is 3. The van der Waals surface area contributed by atoms with E-state index in [2.05, 4.69) is 15.8 Å². The molecule has 0 heterocycles. The molecule has 0 aliphatic carbocycles. The van der Waals surface area contributed by atoms with Gasteiger partial charge in [-0.15, -0.1) is 0 Å². The molecule has 3 rings (SSSR count). The molecule has 0 atom stereocenters.